The molecular weight excluding hydrogens is 390 g/mol. The summed E-state index contributed by atoms with van der Waals surface area (Å²) in [6.07, 6.45) is 2.12. The number of ether oxygens (including phenoxy) is 1. The Kier molecular flexibility index (Phi) is 8.46. The Hall–Kier alpha value is -2.12. The van der Waals surface area contributed by atoms with Crippen molar-refractivity contribution in [1.82, 2.24) is 4.90 Å². The topological polar surface area (TPSA) is 46.6 Å². The van der Waals surface area contributed by atoms with Gasteiger partial charge in [-0.05, 0) is 37.5 Å². The second-order valence-corrected chi connectivity index (χ2v) is 7.28. The van der Waals surface area contributed by atoms with Gasteiger partial charge in [-0.25, -0.2) is 9.18 Å². The Morgan fingerprint density at radius 1 is 1.14 bits per heavy atom. The molecule has 1 aromatic rings. The lowest BCUT2D eigenvalue weighted by molar-refractivity contribution is -0.148. The number of benzene rings is 1. The van der Waals surface area contributed by atoms with Crippen LogP contribution in [0.15, 0.2) is 18.2 Å². The molecule has 1 fully saturated rings. The normalized spacial score (nSPS) is 16.9. The first-order valence-electron chi connectivity index (χ1n) is 10.1. The van der Waals surface area contributed by atoms with E-state index in [1.54, 1.807) is 0 Å². The molecule has 0 N–H and O–H groups in total. The van der Waals surface area contributed by atoms with Crippen molar-refractivity contribution in [2.45, 2.75) is 70.5 Å². The van der Waals surface area contributed by atoms with Gasteiger partial charge in [0.15, 0.2) is 0 Å². The quantitative estimate of drug-likeness (QED) is 0.309. The number of carbonyl (C=O) groups excluding carboxylic acids is 2. The number of rotatable bonds is 9. The van der Waals surface area contributed by atoms with Crippen LogP contribution in [0, 0.1) is 5.82 Å². The molecule has 1 aromatic carbocycles. The first-order chi connectivity index (χ1) is 13.8. The summed E-state index contributed by atoms with van der Waals surface area (Å²) in [5.41, 5.74) is -2.00. The molecule has 0 saturated carbocycles. The van der Waals surface area contributed by atoms with Crippen LogP contribution >= 0.6 is 0 Å². The Labute approximate surface area is 168 Å². The van der Waals surface area contributed by atoms with E-state index in [9.17, 15) is 27.2 Å². The van der Waals surface area contributed by atoms with Crippen molar-refractivity contribution in [2.75, 3.05) is 13.2 Å². The summed E-state index contributed by atoms with van der Waals surface area (Å²) in [6.45, 7) is 2.47. The van der Waals surface area contributed by atoms with Gasteiger partial charge in [0.1, 0.15) is 11.9 Å². The van der Waals surface area contributed by atoms with Crippen molar-refractivity contribution in [3.63, 3.8) is 0 Å². The van der Waals surface area contributed by atoms with Crippen LogP contribution in [0.2, 0.25) is 0 Å². The van der Waals surface area contributed by atoms with Crippen molar-refractivity contribution in [3.05, 3.63) is 35.1 Å². The maximum Gasteiger partial charge on any atom is 0.417 e. The van der Waals surface area contributed by atoms with Crippen LogP contribution in [-0.4, -0.2) is 36.0 Å². The number of nitrogens with zero attached hydrogens (tertiary/aromatic N) is 1. The Morgan fingerprint density at radius 2 is 1.83 bits per heavy atom. The van der Waals surface area contributed by atoms with Crippen molar-refractivity contribution in [1.29, 1.82) is 0 Å². The molecule has 2 rings (SSSR count). The number of likely N-dealkylation sites (tertiary alicyclic amines) is 1. The van der Waals surface area contributed by atoms with E-state index in [1.807, 2.05) is 0 Å². The lowest BCUT2D eigenvalue weighted by Gasteiger charge is -2.24. The van der Waals surface area contributed by atoms with Crippen LogP contribution in [0.5, 0.6) is 0 Å². The van der Waals surface area contributed by atoms with E-state index in [0.29, 0.717) is 37.5 Å². The third-order valence-electron chi connectivity index (χ3n) is 5.05. The molecule has 1 unspecified atom stereocenters. The average Bonchev–Trinajstić information content (AvgIpc) is 3.15. The molecule has 1 heterocycles. The molecule has 0 aromatic heterocycles. The summed E-state index contributed by atoms with van der Waals surface area (Å²) in [6, 6.07) is 0.842. The van der Waals surface area contributed by atoms with Crippen molar-refractivity contribution in [2.24, 2.45) is 0 Å². The van der Waals surface area contributed by atoms with E-state index in [1.165, 1.54) is 6.42 Å². The van der Waals surface area contributed by atoms with Gasteiger partial charge in [-0.3, -0.25) is 4.79 Å². The highest BCUT2D eigenvalue weighted by molar-refractivity contribution is 5.98. The zero-order chi connectivity index (χ0) is 21.4. The number of hydrogen-bond acceptors (Lipinski definition) is 3. The molecule has 0 spiro atoms. The van der Waals surface area contributed by atoms with Crippen LogP contribution in [0.4, 0.5) is 17.6 Å². The lowest BCUT2D eigenvalue weighted by atomic mass is 10.0. The van der Waals surface area contributed by atoms with E-state index in [-0.39, 0.29) is 13.2 Å². The minimum atomic E-state index is -4.80. The van der Waals surface area contributed by atoms with E-state index in [0.717, 1.165) is 30.6 Å². The van der Waals surface area contributed by atoms with Crippen LogP contribution in [0.1, 0.15) is 74.2 Å². The highest BCUT2D eigenvalue weighted by atomic mass is 19.4. The summed E-state index contributed by atoms with van der Waals surface area (Å²) in [5, 5.41) is 0. The minimum Gasteiger partial charge on any atom is -0.464 e. The van der Waals surface area contributed by atoms with Crippen molar-refractivity contribution in [3.8, 4) is 0 Å². The number of unbranched alkanes of at least 4 members (excludes halogenated alkanes) is 5. The number of halogens is 4. The molecule has 29 heavy (non-hydrogen) atoms. The van der Waals surface area contributed by atoms with Gasteiger partial charge in [0, 0.05) is 6.54 Å². The number of carbonyl (C=O) groups is 2. The van der Waals surface area contributed by atoms with Gasteiger partial charge in [0.05, 0.1) is 17.7 Å². The first kappa shape index (κ1) is 23.2. The predicted molar refractivity (Wildman–Crippen MR) is 99.8 cm³/mol. The van der Waals surface area contributed by atoms with Gasteiger partial charge in [0.25, 0.3) is 5.91 Å². The molecule has 1 aliphatic heterocycles. The fraction of sp³-hybridized carbons (Fsp3) is 0.619. The zero-order valence-electron chi connectivity index (χ0n) is 16.6. The number of alkyl halides is 3. The van der Waals surface area contributed by atoms with Gasteiger partial charge in [-0.15, -0.1) is 0 Å². The number of hydrogen-bond donors (Lipinski definition) is 0. The Bertz CT molecular complexity index is 706. The molecule has 1 amide bonds. The fourth-order valence-electron chi connectivity index (χ4n) is 3.50. The van der Waals surface area contributed by atoms with Gasteiger partial charge in [-0.1, -0.05) is 39.0 Å². The van der Waals surface area contributed by atoms with Gasteiger partial charge in [0.2, 0.25) is 0 Å². The van der Waals surface area contributed by atoms with Crippen LogP contribution in [0.25, 0.3) is 0 Å². The highest BCUT2D eigenvalue weighted by Gasteiger charge is 2.40. The summed E-state index contributed by atoms with van der Waals surface area (Å²) in [5.74, 6) is -2.56. The zero-order valence-corrected chi connectivity index (χ0v) is 16.6. The molecule has 0 radical (unpaired) electrons. The molecule has 162 valence electrons. The summed E-state index contributed by atoms with van der Waals surface area (Å²) >= 11 is 0. The number of esters is 1. The van der Waals surface area contributed by atoms with Crippen molar-refractivity contribution < 1.29 is 31.9 Å². The van der Waals surface area contributed by atoms with E-state index < -0.39 is 41.0 Å². The van der Waals surface area contributed by atoms with Crippen LogP contribution in [-0.2, 0) is 15.7 Å². The third kappa shape index (κ3) is 6.44. The van der Waals surface area contributed by atoms with Gasteiger partial charge >= 0.3 is 12.1 Å². The standard InChI is InChI=1S/C21H27F4NO3/c1-2-3-4-5-6-7-13-29-20(28)18-9-8-12-26(18)19(27)16-14-15(22)10-11-17(16)21(23,24)25/h10-11,14,18H,2-9,12-13H2,1H3. The largest absolute Gasteiger partial charge is 0.464 e. The molecular formula is C21H27F4NO3. The summed E-state index contributed by atoms with van der Waals surface area (Å²) < 4.78 is 58.4. The maximum absolute atomic E-state index is 13.5. The van der Waals surface area contributed by atoms with Gasteiger partial charge in [-0.2, -0.15) is 13.2 Å². The second-order valence-electron chi connectivity index (χ2n) is 7.28. The third-order valence-corrected chi connectivity index (χ3v) is 5.05. The summed E-state index contributed by atoms with van der Waals surface area (Å²) in [4.78, 5) is 26.1. The molecule has 1 atom stereocenters. The molecule has 1 aliphatic rings. The Morgan fingerprint density at radius 3 is 2.52 bits per heavy atom. The van der Waals surface area contributed by atoms with Crippen molar-refractivity contribution >= 4 is 11.9 Å². The van der Waals surface area contributed by atoms with E-state index in [2.05, 4.69) is 6.92 Å². The average molecular weight is 417 g/mol. The molecule has 1 saturated heterocycles. The molecule has 0 bridgehead atoms. The van der Waals surface area contributed by atoms with Gasteiger partial charge < -0.3 is 9.64 Å². The monoisotopic (exact) mass is 417 g/mol. The summed E-state index contributed by atoms with van der Waals surface area (Å²) in [7, 11) is 0. The number of amides is 1. The molecule has 4 nitrogen and oxygen atoms in total. The maximum atomic E-state index is 13.5. The lowest BCUT2D eigenvalue weighted by Crippen LogP contribution is -2.42. The second kappa shape index (κ2) is 10.6. The molecule has 8 heteroatoms. The van der Waals surface area contributed by atoms with Crippen LogP contribution in [0.3, 0.4) is 0 Å². The molecule has 0 aliphatic carbocycles. The van der Waals surface area contributed by atoms with E-state index >= 15 is 0 Å². The first-order valence-corrected chi connectivity index (χ1v) is 10.1. The highest BCUT2D eigenvalue weighted by Crippen LogP contribution is 2.34. The minimum absolute atomic E-state index is 0.128. The Balaban J connectivity index is 1.99. The van der Waals surface area contributed by atoms with Crippen LogP contribution < -0.4 is 0 Å². The van der Waals surface area contributed by atoms with E-state index in [4.69, 9.17) is 4.74 Å². The smallest absolute Gasteiger partial charge is 0.417 e. The predicted octanol–water partition coefficient (Wildman–Crippen LogP) is 5.35. The fourth-order valence-corrected chi connectivity index (χ4v) is 3.50. The SMILES string of the molecule is CCCCCCCCOC(=O)C1CCCN1C(=O)c1cc(F)ccc1C(F)(F)F.